The second-order valence-electron chi connectivity index (χ2n) is 13.6. The number of sulfonamides is 1. The van der Waals surface area contributed by atoms with E-state index in [9.17, 15) is 21.6 Å². The molecular weight excluding hydrogens is 705 g/mol. The van der Waals surface area contributed by atoms with Gasteiger partial charge in [0.15, 0.2) is 0 Å². The van der Waals surface area contributed by atoms with Crippen molar-refractivity contribution in [1.29, 1.82) is 0 Å². The maximum absolute atomic E-state index is 14.3. The first-order valence-electron chi connectivity index (χ1n) is 16.9. The van der Waals surface area contributed by atoms with Crippen molar-refractivity contribution < 1.29 is 26.4 Å². The molecule has 0 aliphatic carbocycles. The van der Waals surface area contributed by atoms with E-state index in [1.54, 1.807) is 6.07 Å². The summed E-state index contributed by atoms with van der Waals surface area (Å²) in [4.78, 5) is 26.4. The summed E-state index contributed by atoms with van der Waals surface area (Å²) in [6.07, 6.45) is 5.24. The molecule has 52 heavy (non-hydrogen) atoms. The molecule has 0 bridgehead atoms. The Bertz CT molecular complexity index is 2380. The second kappa shape index (κ2) is 14.0. The lowest BCUT2D eigenvalue weighted by Crippen LogP contribution is -2.38. The molecule has 1 amide bonds. The average Bonchev–Trinajstić information content (AvgIpc) is 3.49. The minimum atomic E-state index is -3.97. The molecule has 0 saturated heterocycles. The van der Waals surface area contributed by atoms with Crippen LogP contribution >= 0.6 is 0 Å². The molecule has 3 aromatic heterocycles. The molecule has 1 aliphatic heterocycles. The van der Waals surface area contributed by atoms with Gasteiger partial charge in [-0.25, -0.2) is 36.5 Å². The minimum absolute atomic E-state index is 0.0213. The number of aromatic nitrogens is 6. The summed E-state index contributed by atoms with van der Waals surface area (Å²) in [5, 5.41) is 11.3. The van der Waals surface area contributed by atoms with Gasteiger partial charge in [-0.1, -0.05) is 50.3 Å². The Morgan fingerprint density at radius 1 is 1.08 bits per heavy atom. The zero-order chi connectivity index (χ0) is 37.6. The van der Waals surface area contributed by atoms with Crippen LogP contribution in [-0.4, -0.2) is 75.9 Å². The molecule has 1 unspecified atom stereocenters. The number of fused-ring (bicyclic) bond motifs is 2. The maximum Gasteiger partial charge on any atom is 0.248 e. The lowest BCUT2D eigenvalue weighted by molar-refractivity contribution is -0.124. The molecule has 0 spiro atoms. The van der Waals surface area contributed by atoms with Gasteiger partial charge in [0, 0.05) is 31.5 Å². The molecule has 14 nitrogen and oxygen atoms in total. The first kappa shape index (κ1) is 37.0. The van der Waals surface area contributed by atoms with Crippen molar-refractivity contribution in [1.82, 2.24) is 34.3 Å². The highest BCUT2D eigenvalue weighted by molar-refractivity contribution is 7.90. The van der Waals surface area contributed by atoms with Crippen molar-refractivity contribution in [3.8, 4) is 5.88 Å². The van der Waals surface area contributed by atoms with Gasteiger partial charge in [-0.15, -0.1) is 5.10 Å². The van der Waals surface area contributed by atoms with Crippen LogP contribution in [0.2, 0.25) is 0 Å². The predicted molar refractivity (Wildman–Crippen MR) is 195 cm³/mol. The first-order valence-corrected chi connectivity index (χ1v) is 20.3. The van der Waals surface area contributed by atoms with Crippen molar-refractivity contribution in [2.75, 3.05) is 18.1 Å². The van der Waals surface area contributed by atoms with Crippen molar-refractivity contribution >= 4 is 42.5 Å². The number of benzene rings is 2. The number of carbonyl (C=O) groups excluding carboxylic acids is 1. The third-order valence-corrected chi connectivity index (χ3v) is 12.4. The summed E-state index contributed by atoms with van der Waals surface area (Å²) < 4.78 is 61.2. The van der Waals surface area contributed by atoms with Gasteiger partial charge in [0.25, 0.3) is 0 Å². The molecule has 6 rings (SSSR count). The van der Waals surface area contributed by atoms with E-state index >= 15 is 0 Å². The lowest BCUT2D eigenvalue weighted by Gasteiger charge is -2.35. The van der Waals surface area contributed by atoms with E-state index in [1.807, 2.05) is 76.6 Å². The normalized spacial score (nSPS) is 16.9. The average molecular weight is 747 g/mol. The SMILES string of the molecule is CC[C@@H]1CN(Cc2cc(C(c3ccc4c(nnn4CC)c3C)C(C)(C)C(=O)Nc3cnc(S(C)(=O)=O)nc3)ccc2C)S(=O)(=O)c2cccnc2O1. The quantitative estimate of drug-likeness (QED) is 0.194. The standard InChI is InChI=1S/C36H42N8O6S2/c1-8-27-21-43(52(48,49)30-11-10-16-37-33(30)50-27)20-25-17-24(13-12-22(25)3)31(28-14-15-29-32(23(28)4)41-42-44(29)9-2)36(5,6)34(45)40-26-18-38-35(39-19-26)51(7,46)47/h10-19,27,31H,8-9,20-21H2,1-7H3,(H,40,45)/t27-,31?/m1/s1. The van der Waals surface area contributed by atoms with Crippen LogP contribution in [0.3, 0.4) is 0 Å². The molecule has 1 aliphatic rings. The molecular formula is C36H42N8O6S2. The Morgan fingerprint density at radius 3 is 2.48 bits per heavy atom. The molecule has 0 radical (unpaired) electrons. The summed E-state index contributed by atoms with van der Waals surface area (Å²) in [5.74, 6) is -0.830. The summed E-state index contributed by atoms with van der Waals surface area (Å²) in [7, 11) is -7.60. The van der Waals surface area contributed by atoms with Gasteiger partial charge >= 0.3 is 0 Å². The van der Waals surface area contributed by atoms with E-state index in [0.29, 0.717) is 18.5 Å². The van der Waals surface area contributed by atoms with Gasteiger partial charge in [0.1, 0.15) is 16.5 Å². The summed E-state index contributed by atoms with van der Waals surface area (Å²) in [6, 6.07) is 12.9. The largest absolute Gasteiger partial charge is 0.472 e. The molecule has 5 aromatic rings. The lowest BCUT2D eigenvalue weighted by atomic mass is 9.69. The van der Waals surface area contributed by atoms with Crippen LogP contribution < -0.4 is 10.1 Å². The topological polar surface area (TPSA) is 179 Å². The van der Waals surface area contributed by atoms with E-state index in [-0.39, 0.29) is 40.6 Å². The highest BCUT2D eigenvalue weighted by Crippen LogP contribution is 2.45. The number of hydrogen-bond acceptors (Lipinski definition) is 11. The Morgan fingerprint density at radius 2 is 1.81 bits per heavy atom. The zero-order valence-corrected chi connectivity index (χ0v) is 31.8. The molecule has 2 atom stereocenters. The minimum Gasteiger partial charge on any atom is -0.472 e. The Labute approximate surface area is 303 Å². The maximum atomic E-state index is 14.3. The van der Waals surface area contributed by atoms with Crippen LogP contribution in [0, 0.1) is 19.3 Å². The molecule has 1 N–H and O–H groups in total. The van der Waals surface area contributed by atoms with E-state index in [0.717, 1.165) is 39.6 Å². The third-order valence-electron chi connectivity index (χ3n) is 9.67. The second-order valence-corrected chi connectivity index (χ2v) is 17.4. The van der Waals surface area contributed by atoms with E-state index in [1.165, 1.54) is 29.0 Å². The van der Waals surface area contributed by atoms with Crippen molar-refractivity contribution in [3.63, 3.8) is 0 Å². The number of nitrogens with one attached hydrogen (secondary N) is 1. The number of aryl methyl sites for hydroxylation is 3. The van der Waals surface area contributed by atoms with Gasteiger partial charge in [0.2, 0.25) is 36.8 Å². The monoisotopic (exact) mass is 746 g/mol. The fourth-order valence-corrected chi connectivity index (χ4v) is 8.63. The number of rotatable bonds is 10. The van der Waals surface area contributed by atoms with Crippen LogP contribution in [0.5, 0.6) is 5.88 Å². The molecule has 274 valence electrons. The fraction of sp³-hybridized carbons (Fsp3) is 0.389. The number of carbonyl (C=O) groups is 1. The summed E-state index contributed by atoms with van der Waals surface area (Å²) >= 11 is 0. The number of nitrogens with zero attached hydrogens (tertiary/aromatic N) is 7. The van der Waals surface area contributed by atoms with Gasteiger partial charge in [-0.3, -0.25) is 4.79 Å². The Balaban J connectivity index is 1.44. The molecule has 4 heterocycles. The van der Waals surface area contributed by atoms with Gasteiger partial charge < -0.3 is 10.1 Å². The van der Waals surface area contributed by atoms with Crippen LogP contribution in [0.25, 0.3) is 11.0 Å². The van der Waals surface area contributed by atoms with Crippen molar-refractivity contribution in [3.05, 3.63) is 88.9 Å². The van der Waals surface area contributed by atoms with Crippen LogP contribution in [0.4, 0.5) is 5.69 Å². The molecule has 16 heteroatoms. The number of sulfone groups is 1. The molecule has 0 fully saturated rings. The number of pyridine rings is 1. The number of anilines is 1. The van der Waals surface area contributed by atoms with E-state index in [4.69, 9.17) is 4.74 Å². The number of hydrogen-bond donors (Lipinski definition) is 1. The van der Waals surface area contributed by atoms with Crippen LogP contribution in [-0.2, 0) is 37.7 Å². The fourth-order valence-electron chi connectivity index (χ4n) is 6.62. The molecule has 2 aromatic carbocycles. The Hall–Kier alpha value is -4.80. The van der Waals surface area contributed by atoms with Gasteiger partial charge in [-0.05, 0) is 73.2 Å². The smallest absolute Gasteiger partial charge is 0.248 e. The summed E-state index contributed by atoms with van der Waals surface area (Å²) in [6.45, 7) is 12.3. The zero-order valence-electron chi connectivity index (χ0n) is 30.2. The first-order chi connectivity index (χ1) is 24.6. The number of ether oxygens (including phenoxy) is 1. The van der Waals surface area contributed by atoms with Crippen molar-refractivity contribution in [2.45, 2.75) is 83.1 Å². The predicted octanol–water partition coefficient (Wildman–Crippen LogP) is 4.82. The highest BCUT2D eigenvalue weighted by Gasteiger charge is 2.41. The van der Waals surface area contributed by atoms with Gasteiger partial charge in [0.05, 0.1) is 35.6 Å². The van der Waals surface area contributed by atoms with Crippen molar-refractivity contribution in [2.24, 2.45) is 5.41 Å². The van der Waals surface area contributed by atoms with E-state index in [2.05, 4.69) is 30.6 Å². The Kier molecular flexibility index (Phi) is 9.93. The third kappa shape index (κ3) is 6.89. The van der Waals surface area contributed by atoms with Crippen LogP contribution in [0.1, 0.15) is 67.9 Å². The van der Waals surface area contributed by atoms with E-state index < -0.39 is 37.3 Å². The number of amides is 1. The van der Waals surface area contributed by atoms with Gasteiger partial charge in [-0.2, -0.15) is 4.31 Å². The highest BCUT2D eigenvalue weighted by atomic mass is 32.2. The molecule has 0 saturated carbocycles. The van der Waals surface area contributed by atoms with Crippen LogP contribution in [0.15, 0.2) is 71.1 Å². The summed E-state index contributed by atoms with van der Waals surface area (Å²) in [5.41, 5.74) is 4.81.